The first-order valence-corrected chi connectivity index (χ1v) is 4.57. The second kappa shape index (κ2) is 5.72. The fourth-order valence-corrected chi connectivity index (χ4v) is 1.11. The highest BCUT2D eigenvalue weighted by Gasteiger charge is 2.09. The minimum atomic E-state index is -0.595. The van der Waals surface area contributed by atoms with Crippen molar-refractivity contribution in [1.82, 2.24) is 5.32 Å². The van der Waals surface area contributed by atoms with Gasteiger partial charge in [0.25, 0.3) is 5.91 Å². The van der Waals surface area contributed by atoms with Gasteiger partial charge in [-0.25, -0.2) is 4.79 Å². The molecule has 0 aliphatic carbocycles. The molecule has 1 aromatic carbocycles. The predicted octanol–water partition coefficient (Wildman–Crippen LogP) is 0.511. The lowest BCUT2D eigenvalue weighted by molar-refractivity contribution is 0.100. The van der Waals surface area contributed by atoms with Crippen molar-refractivity contribution in [2.24, 2.45) is 5.73 Å². The summed E-state index contributed by atoms with van der Waals surface area (Å²) in [7, 11) is 1.46. The number of carbonyl (C=O) groups is 2. The number of primary amides is 1. The number of carbonyl (C=O) groups excluding carboxylic acids is 2. The first kappa shape index (κ1) is 12.0. The number of nitrogens with one attached hydrogen (secondary N) is 2. The number of methoxy groups -OCH3 is 1. The van der Waals surface area contributed by atoms with Crippen molar-refractivity contribution in [1.29, 1.82) is 0 Å². The van der Waals surface area contributed by atoms with E-state index in [-0.39, 0.29) is 12.3 Å². The Morgan fingerprint density at radius 3 is 2.69 bits per heavy atom. The van der Waals surface area contributed by atoms with E-state index in [2.05, 4.69) is 15.4 Å². The summed E-state index contributed by atoms with van der Waals surface area (Å²) in [4.78, 5) is 22.3. The lowest BCUT2D eigenvalue weighted by atomic mass is 10.1. The van der Waals surface area contributed by atoms with Crippen LogP contribution in [0.3, 0.4) is 0 Å². The molecule has 0 aliphatic heterocycles. The molecule has 0 aliphatic rings. The van der Waals surface area contributed by atoms with E-state index in [1.165, 1.54) is 13.2 Å². The molecule has 86 valence electrons. The van der Waals surface area contributed by atoms with Gasteiger partial charge in [-0.3, -0.25) is 4.79 Å². The number of hydrogen-bond acceptors (Lipinski definition) is 3. The fraction of sp³-hybridized carbons (Fsp3) is 0.200. The molecule has 0 heterocycles. The van der Waals surface area contributed by atoms with Gasteiger partial charge in [-0.2, -0.15) is 0 Å². The molecule has 1 aromatic rings. The first-order chi connectivity index (χ1) is 7.65. The van der Waals surface area contributed by atoms with Crippen LogP contribution in [0.1, 0.15) is 10.4 Å². The number of urea groups is 1. The molecule has 4 N–H and O–H groups in total. The molecule has 1 rings (SSSR count). The van der Waals surface area contributed by atoms with E-state index in [1.807, 2.05) is 0 Å². The Morgan fingerprint density at radius 2 is 2.06 bits per heavy atom. The van der Waals surface area contributed by atoms with Crippen LogP contribution in [-0.4, -0.2) is 25.8 Å². The molecule has 16 heavy (non-hydrogen) atoms. The highest BCUT2D eigenvalue weighted by molar-refractivity contribution is 6.02. The minimum Gasteiger partial charge on any atom is -0.366 e. The minimum absolute atomic E-state index is 0.0879. The van der Waals surface area contributed by atoms with E-state index in [1.54, 1.807) is 18.2 Å². The maximum atomic E-state index is 11.3. The molecular formula is C10H13N3O3. The molecule has 0 fully saturated rings. The largest absolute Gasteiger partial charge is 0.366 e. The lowest BCUT2D eigenvalue weighted by Crippen LogP contribution is -2.31. The van der Waals surface area contributed by atoms with Crippen LogP contribution in [0.25, 0.3) is 0 Å². The zero-order valence-electron chi connectivity index (χ0n) is 8.82. The molecule has 3 amide bonds. The summed E-state index contributed by atoms with van der Waals surface area (Å²) in [6, 6.07) is 6.02. The summed E-state index contributed by atoms with van der Waals surface area (Å²) in [6.07, 6.45) is 0. The average molecular weight is 223 g/mol. The summed E-state index contributed by atoms with van der Waals surface area (Å²) in [5.41, 5.74) is 5.78. The van der Waals surface area contributed by atoms with E-state index < -0.39 is 11.9 Å². The van der Waals surface area contributed by atoms with Crippen molar-refractivity contribution >= 4 is 17.6 Å². The Kier molecular flexibility index (Phi) is 4.28. The molecule has 0 saturated carbocycles. The molecule has 0 bridgehead atoms. The van der Waals surface area contributed by atoms with E-state index in [9.17, 15) is 9.59 Å². The highest BCUT2D eigenvalue weighted by atomic mass is 16.5. The quantitative estimate of drug-likeness (QED) is 0.649. The van der Waals surface area contributed by atoms with E-state index in [4.69, 9.17) is 5.73 Å². The molecule has 0 radical (unpaired) electrons. The number of hydrogen-bond donors (Lipinski definition) is 3. The van der Waals surface area contributed by atoms with Gasteiger partial charge in [0.2, 0.25) is 0 Å². The summed E-state index contributed by atoms with van der Waals surface area (Å²) in [5, 5.41) is 4.92. The SMILES string of the molecule is COCNC(=O)Nc1ccccc1C(N)=O. The topological polar surface area (TPSA) is 93.4 Å². The third-order valence-electron chi connectivity index (χ3n) is 1.82. The number of anilines is 1. The molecule has 0 unspecified atom stereocenters. The van der Waals surface area contributed by atoms with Crippen LogP contribution in [0.4, 0.5) is 10.5 Å². The van der Waals surface area contributed by atoms with Gasteiger partial charge in [0.05, 0.1) is 11.3 Å². The molecular weight excluding hydrogens is 210 g/mol. The molecule has 6 nitrogen and oxygen atoms in total. The van der Waals surface area contributed by atoms with Crippen LogP contribution >= 0.6 is 0 Å². The van der Waals surface area contributed by atoms with Crippen LogP contribution in [0.5, 0.6) is 0 Å². The normalized spacial score (nSPS) is 9.56. The van der Waals surface area contributed by atoms with Crippen molar-refractivity contribution in [3.8, 4) is 0 Å². The Morgan fingerprint density at radius 1 is 1.38 bits per heavy atom. The van der Waals surface area contributed by atoms with Crippen LogP contribution in [-0.2, 0) is 4.74 Å². The number of para-hydroxylation sites is 1. The third kappa shape index (κ3) is 3.25. The fourth-order valence-electron chi connectivity index (χ4n) is 1.11. The standard InChI is InChI=1S/C10H13N3O3/c1-16-6-12-10(15)13-8-5-3-2-4-7(8)9(11)14/h2-5H,6H2,1H3,(H2,11,14)(H2,12,13,15). The van der Waals surface area contributed by atoms with Crippen LogP contribution < -0.4 is 16.4 Å². The molecule has 0 atom stereocenters. The second-order valence-corrected chi connectivity index (χ2v) is 2.97. The first-order valence-electron chi connectivity index (χ1n) is 4.57. The van der Waals surface area contributed by atoms with Crippen molar-refractivity contribution < 1.29 is 14.3 Å². The predicted molar refractivity (Wildman–Crippen MR) is 59.0 cm³/mol. The Balaban J connectivity index is 2.73. The van der Waals surface area contributed by atoms with Gasteiger partial charge in [-0.15, -0.1) is 0 Å². The number of benzene rings is 1. The Hall–Kier alpha value is -2.08. The summed E-state index contributed by atoms with van der Waals surface area (Å²) in [5.74, 6) is -0.595. The number of nitrogens with two attached hydrogens (primary N) is 1. The van der Waals surface area contributed by atoms with Gasteiger partial charge in [0, 0.05) is 7.11 Å². The monoisotopic (exact) mass is 223 g/mol. The van der Waals surface area contributed by atoms with E-state index in [0.29, 0.717) is 5.69 Å². The number of amides is 3. The van der Waals surface area contributed by atoms with Gasteiger partial charge in [0.1, 0.15) is 6.73 Å². The van der Waals surface area contributed by atoms with Crippen LogP contribution in [0.15, 0.2) is 24.3 Å². The summed E-state index contributed by atoms with van der Waals surface area (Å²) in [6.45, 7) is 0.0879. The molecule has 6 heteroatoms. The lowest BCUT2D eigenvalue weighted by Gasteiger charge is -2.09. The van der Waals surface area contributed by atoms with Gasteiger partial charge in [0.15, 0.2) is 0 Å². The zero-order valence-corrected chi connectivity index (χ0v) is 8.82. The number of rotatable bonds is 4. The highest BCUT2D eigenvalue weighted by Crippen LogP contribution is 2.13. The van der Waals surface area contributed by atoms with Crippen molar-refractivity contribution in [2.45, 2.75) is 0 Å². The second-order valence-electron chi connectivity index (χ2n) is 2.97. The van der Waals surface area contributed by atoms with Gasteiger partial charge in [-0.05, 0) is 12.1 Å². The van der Waals surface area contributed by atoms with Crippen molar-refractivity contribution in [3.63, 3.8) is 0 Å². The van der Waals surface area contributed by atoms with Gasteiger partial charge >= 0.3 is 6.03 Å². The van der Waals surface area contributed by atoms with Crippen LogP contribution in [0.2, 0.25) is 0 Å². The summed E-state index contributed by atoms with van der Waals surface area (Å²) >= 11 is 0. The van der Waals surface area contributed by atoms with E-state index >= 15 is 0 Å². The van der Waals surface area contributed by atoms with E-state index in [0.717, 1.165) is 0 Å². The molecule has 0 spiro atoms. The van der Waals surface area contributed by atoms with Gasteiger partial charge in [-0.1, -0.05) is 12.1 Å². The zero-order chi connectivity index (χ0) is 12.0. The van der Waals surface area contributed by atoms with Crippen molar-refractivity contribution in [2.75, 3.05) is 19.2 Å². The Labute approximate surface area is 92.8 Å². The number of ether oxygens (including phenoxy) is 1. The maximum absolute atomic E-state index is 11.3. The maximum Gasteiger partial charge on any atom is 0.321 e. The Bertz CT molecular complexity index is 393. The molecule has 0 aromatic heterocycles. The summed E-state index contributed by atoms with van der Waals surface area (Å²) < 4.78 is 4.66. The smallest absolute Gasteiger partial charge is 0.321 e. The van der Waals surface area contributed by atoms with Crippen molar-refractivity contribution in [3.05, 3.63) is 29.8 Å². The van der Waals surface area contributed by atoms with Gasteiger partial charge < -0.3 is 21.1 Å². The average Bonchev–Trinajstić information content (AvgIpc) is 2.27. The molecule has 0 saturated heterocycles. The third-order valence-corrected chi connectivity index (χ3v) is 1.82. The van der Waals surface area contributed by atoms with Crippen LogP contribution in [0, 0.1) is 0 Å².